The van der Waals surface area contributed by atoms with Gasteiger partial charge in [0.1, 0.15) is 0 Å². The minimum Gasteiger partial charge on any atom is -0.326 e. The van der Waals surface area contributed by atoms with Crippen LogP contribution in [0.3, 0.4) is 0 Å². The van der Waals surface area contributed by atoms with E-state index < -0.39 is 0 Å². The zero-order valence-corrected chi connectivity index (χ0v) is 14.1. The molecule has 1 aromatic heterocycles. The van der Waals surface area contributed by atoms with E-state index in [-0.39, 0.29) is 12.3 Å². The lowest BCUT2D eigenvalue weighted by Crippen LogP contribution is -2.15. The number of nitrogens with zero attached hydrogens (tertiary/aromatic N) is 3. The van der Waals surface area contributed by atoms with Crippen molar-refractivity contribution in [2.45, 2.75) is 40.7 Å². The Labute approximate surface area is 136 Å². The van der Waals surface area contributed by atoms with Crippen molar-refractivity contribution in [1.82, 2.24) is 9.78 Å². The Morgan fingerprint density at radius 1 is 1.39 bits per heavy atom. The molecule has 0 spiro atoms. The Hall–Kier alpha value is -2.61. The third kappa shape index (κ3) is 4.19. The molecule has 0 saturated carbocycles. The smallest absolute Gasteiger partial charge is 0.228 e. The van der Waals surface area contributed by atoms with E-state index in [4.69, 9.17) is 5.26 Å². The van der Waals surface area contributed by atoms with Gasteiger partial charge in [0.05, 0.1) is 23.7 Å². The van der Waals surface area contributed by atoms with Crippen molar-refractivity contribution in [3.63, 3.8) is 0 Å². The van der Waals surface area contributed by atoms with Crippen molar-refractivity contribution in [2.75, 3.05) is 5.32 Å². The van der Waals surface area contributed by atoms with Crippen LogP contribution >= 0.6 is 0 Å². The monoisotopic (exact) mass is 310 g/mol. The van der Waals surface area contributed by atoms with Crippen molar-refractivity contribution in [1.29, 1.82) is 5.26 Å². The van der Waals surface area contributed by atoms with Gasteiger partial charge in [-0.1, -0.05) is 19.9 Å². The summed E-state index contributed by atoms with van der Waals surface area (Å²) in [4.78, 5) is 12.3. The fourth-order valence-electron chi connectivity index (χ4n) is 2.55. The SMILES string of the molecule is Cc1nn(CC(C)C)c(C)c1CC(=O)Nc1cccc(C#N)c1. The molecule has 0 aliphatic rings. The second-order valence-corrected chi connectivity index (χ2v) is 6.14. The fraction of sp³-hybridized carbons (Fsp3) is 0.389. The van der Waals surface area contributed by atoms with E-state index in [1.165, 1.54) is 0 Å². The largest absolute Gasteiger partial charge is 0.326 e. The third-order valence-electron chi connectivity index (χ3n) is 3.68. The minimum absolute atomic E-state index is 0.101. The molecular weight excluding hydrogens is 288 g/mol. The molecule has 5 nitrogen and oxygen atoms in total. The van der Waals surface area contributed by atoms with Gasteiger partial charge in [-0.25, -0.2) is 0 Å². The summed E-state index contributed by atoms with van der Waals surface area (Å²) in [5, 5.41) is 16.3. The van der Waals surface area contributed by atoms with Gasteiger partial charge in [-0.3, -0.25) is 9.48 Å². The lowest BCUT2D eigenvalue weighted by molar-refractivity contribution is -0.115. The molecular formula is C18H22N4O. The molecule has 0 atom stereocenters. The van der Waals surface area contributed by atoms with Crippen LogP contribution in [0.1, 0.15) is 36.4 Å². The number of nitrogens with one attached hydrogen (secondary N) is 1. The summed E-state index contributed by atoms with van der Waals surface area (Å²) in [6.07, 6.45) is 0.284. The molecule has 1 amide bonds. The zero-order valence-electron chi connectivity index (χ0n) is 14.1. The summed E-state index contributed by atoms with van der Waals surface area (Å²) < 4.78 is 1.97. The van der Waals surface area contributed by atoms with Crippen LogP contribution in [0, 0.1) is 31.1 Å². The second-order valence-electron chi connectivity index (χ2n) is 6.14. The number of hydrogen-bond acceptors (Lipinski definition) is 3. The summed E-state index contributed by atoms with van der Waals surface area (Å²) >= 11 is 0. The number of anilines is 1. The van der Waals surface area contributed by atoms with Crippen LogP contribution in [-0.2, 0) is 17.8 Å². The van der Waals surface area contributed by atoms with Crippen molar-refractivity contribution in [2.24, 2.45) is 5.92 Å². The first-order valence-electron chi connectivity index (χ1n) is 7.73. The van der Waals surface area contributed by atoms with E-state index in [0.29, 0.717) is 17.2 Å². The second kappa shape index (κ2) is 7.10. The van der Waals surface area contributed by atoms with Crippen molar-refractivity contribution in [3.05, 3.63) is 46.8 Å². The van der Waals surface area contributed by atoms with Crippen LogP contribution in [0.5, 0.6) is 0 Å². The van der Waals surface area contributed by atoms with E-state index in [1.807, 2.05) is 18.5 Å². The molecule has 0 unspecified atom stereocenters. The lowest BCUT2D eigenvalue weighted by Gasteiger charge is -2.08. The predicted octanol–water partition coefficient (Wildman–Crippen LogP) is 3.21. The summed E-state index contributed by atoms with van der Waals surface area (Å²) in [5.74, 6) is 0.402. The number of rotatable bonds is 5. The van der Waals surface area contributed by atoms with Gasteiger partial charge in [0, 0.05) is 23.5 Å². The first-order valence-corrected chi connectivity index (χ1v) is 7.73. The van der Waals surface area contributed by atoms with Crippen LogP contribution in [0.4, 0.5) is 5.69 Å². The van der Waals surface area contributed by atoms with Gasteiger partial charge in [0.15, 0.2) is 0 Å². The maximum atomic E-state index is 12.3. The number of amides is 1. The van der Waals surface area contributed by atoms with E-state index in [9.17, 15) is 4.79 Å². The summed E-state index contributed by atoms with van der Waals surface area (Å²) in [6, 6.07) is 8.97. The minimum atomic E-state index is -0.101. The van der Waals surface area contributed by atoms with Gasteiger partial charge in [-0.2, -0.15) is 10.4 Å². The molecule has 0 bridgehead atoms. The van der Waals surface area contributed by atoms with Crippen LogP contribution in [0.25, 0.3) is 0 Å². The molecule has 0 radical (unpaired) electrons. The Balaban J connectivity index is 2.11. The normalized spacial score (nSPS) is 10.6. The molecule has 23 heavy (non-hydrogen) atoms. The maximum Gasteiger partial charge on any atom is 0.228 e. The van der Waals surface area contributed by atoms with Crippen molar-refractivity contribution in [3.8, 4) is 6.07 Å². The van der Waals surface area contributed by atoms with E-state index in [2.05, 4.69) is 30.3 Å². The van der Waals surface area contributed by atoms with Gasteiger partial charge in [-0.15, -0.1) is 0 Å². The predicted molar refractivity (Wildman–Crippen MR) is 90.0 cm³/mol. The molecule has 0 aliphatic heterocycles. The Morgan fingerprint density at radius 3 is 2.78 bits per heavy atom. The molecule has 0 fully saturated rings. The first-order chi connectivity index (χ1) is 10.9. The fourth-order valence-corrected chi connectivity index (χ4v) is 2.55. The third-order valence-corrected chi connectivity index (χ3v) is 3.68. The number of aryl methyl sites for hydroxylation is 1. The maximum absolute atomic E-state index is 12.3. The molecule has 5 heteroatoms. The number of hydrogen-bond donors (Lipinski definition) is 1. The number of carbonyl (C=O) groups is 1. The van der Waals surface area contributed by atoms with E-state index in [0.717, 1.165) is 23.5 Å². The average molecular weight is 310 g/mol. The Morgan fingerprint density at radius 2 is 2.13 bits per heavy atom. The van der Waals surface area contributed by atoms with Gasteiger partial charge >= 0.3 is 0 Å². The summed E-state index contributed by atoms with van der Waals surface area (Å²) in [6.45, 7) is 9.07. The van der Waals surface area contributed by atoms with Gasteiger partial charge in [0.25, 0.3) is 0 Å². The Kier molecular flexibility index (Phi) is 5.17. The molecule has 0 saturated heterocycles. The highest BCUT2D eigenvalue weighted by Crippen LogP contribution is 2.17. The number of nitriles is 1. The molecule has 2 rings (SSSR count). The van der Waals surface area contributed by atoms with Crippen LogP contribution in [0.2, 0.25) is 0 Å². The highest BCUT2D eigenvalue weighted by molar-refractivity contribution is 5.92. The van der Waals surface area contributed by atoms with E-state index in [1.54, 1.807) is 24.3 Å². The van der Waals surface area contributed by atoms with Gasteiger partial charge in [0.2, 0.25) is 5.91 Å². The number of aromatic nitrogens is 2. The highest BCUT2D eigenvalue weighted by Gasteiger charge is 2.15. The van der Waals surface area contributed by atoms with Crippen molar-refractivity contribution >= 4 is 11.6 Å². The van der Waals surface area contributed by atoms with Gasteiger partial charge in [-0.05, 0) is 38.0 Å². The lowest BCUT2D eigenvalue weighted by atomic mass is 10.1. The van der Waals surface area contributed by atoms with Crippen LogP contribution < -0.4 is 5.32 Å². The van der Waals surface area contributed by atoms with Gasteiger partial charge < -0.3 is 5.32 Å². The van der Waals surface area contributed by atoms with Crippen LogP contribution in [-0.4, -0.2) is 15.7 Å². The van der Waals surface area contributed by atoms with E-state index >= 15 is 0 Å². The highest BCUT2D eigenvalue weighted by atomic mass is 16.1. The standard InChI is InChI=1S/C18H22N4O/c1-12(2)11-22-14(4)17(13(3)21-22)9-18(23)20-16-7-5-6-15(8-16)10-19/h5-8,12H,9,11H2,1-4H3,(H,20,23). The average Bonchev–Trinajstić information content (AvgIpc) is 2.74. The number of benzene rings is 1. The molecule has 120 valence electrons. The summed E-state index contributed by atoms with van der Waals surface area (Å²) in [7, 11) is 0. The van der Waals surface area contributed by atoms with Crippen molar-refractivity contribution < 1.29 is 4.79 Å². The zero-order chi connectivity index (χ0) is 17.0. The molecule has 1 aromatic carbocycles. The molecule has 0 aliphatic carbocycles. The Bertz CT molecular complexity index is 753. The summed E-state index contributed by atoms with van der Waals surface area (Å²) in [5.41, 5.74) is 4.07. The molecule has 2 aromatic rings. The first kappa shape index (κ1) is 16.8. The topological polar surface area (TPSA) is 70.7 Å². The number of carbonyl (C=O) groups excluding carboxylic acids is 1. The molecule has 1 N–H and O–H groups in total. The quantitative estimate of drug-likeness (QED) is 0.921. The van der Waals surface area contributed by atoms with Crippen LogP contribution in [0.15, 0.2) is 24.3 Å². The molecule has 1 heterocycles.